The molecule has 2 heterocycles. The molecule has 0 saturated carbocycles. The number of amides is 1. The van der Waals surface area contributed by atoms with E-state index in [1.807, 2.05) is 5.38 Å². The zero-order valence-electron chi connectivity index (χ0n) is 11.9. The molecule has 0 atom stereocenters. The molecule has 0 spiro atoms. The number of pyridine rings is 1. The summed E-state index contributed by atoms with van der Waals surface area (Å²) in [6.07, 6.45) is 4.65. The summed E-state index contributed by atoms with van der Waals surface area (Å²) in [5, 5.41) is 5.21. The zero-order valence-corrected chi connectivity index (χ0v) is 12.8. The monoisotopic (exact) mass is 325 g/mol. The second kappa shape index (κ2) is 6.93. The van der Waals surface area contributed by atoms with Gasteiger partial charge in [-0.15, -0.1) is 11.3 Å². The number of rotatable bonds is 4. The lowest BCUT2D eigenvalue weighted by atomic mass is 10.2. The maximum atomic E-state index is 12.9. The fraction of sp³-hybridized carbons (Fsp3) is 0. The molecule has 3 aromatic rings. The van der Waals surface area contributed by atoms with Crippen molar-refractivity contribution in [2.75, 3.05) is 5.32 Å². The van der Waals surface area contributed by atoms with E-state index in [0.717, 1.165) is 11.3 Å². The van der Waals surface area contributed by atoms with Crippen molar-refractivity contribution < 1.29 is 9.18 Å². The number of carbonyl (C=O) groups is 1. The molecule has 0 radical (unpaired) electrons. The van der Waals surface area contributed by atoms with Crippen LogP contribution in [0.1, 0.15) is 5.01 Å². The van der Waals surface area contributed by atoms with Crippen molar-refractivity contribution in [3.63, 3.8) is 0 Å². The van der Waals surface area contributed by atoms with Gasteiger partial charge in [-0.1, -0.05) is 6.07 Å². The van der Waals surface area contributed by atoms with Gasteiger partial charge in [-0.2, -0.15) is 0 Å². The number of benzene rings is 1. The number of hydrogen-bond donors (Lipinski definition) is 1. The summed E-state index contributed by atoms with van der Waals surface area (Å²) in [6.45, 7) is 0. The minimum atomic E-state index is -0.282. The van der Waals surface area contributed by atoms with E-state index in [1.54, 1.807) is 42.6 Å². The number of nitrogens with one attached hydrogen (secondary N) is 1. The van der Waals surface area contributed by atoms with E-state index >= 15 is 0 Å². The molecule has 0 aliphatic carbocycles. The first kappa shape index (κ1) is 15.1. The maximum absolute atomic E-state index is 12.9. The van der Waals surface area contributed by atoms with Gasteiger partial charge in [0.05, 0.1) is 5.69 Å². The molecule has 114 valence electrons. The normalized spacial score (nSPS) is 10.8. The molecule has 6 heteroatoms. The third kappa shape index (κ3) is 4.08. The van der Waals surface area contributed by atoms with Gasteiger partial charge < -0.3 is 5.32 Å². The SMILES string of the molecule is O=C(C=Cc1nc(-c2ccc(F)cc2)cs1)Nc1ccccn1. The lowest BCUT2D eigenvalue weighted by Crippen LogP contribution is -2.08. The Morgan fingerprint density at radius 3 is 2.74 bits per heavy atom. The Balaban J connectivity index is 1.66. The Morgan fingerprint density at radius 2 is 2.00 bits per heavy atom. The van der Waals surface area contributed by atoms with Crippen LogP contribution in [0.4, 0.5) is 10.2 Å². The number of hydrogen-bond acceptors (Lipinski definition) is 4. The molecule has 4 nitrogen and oxygen atoms in total. The van der Waals surface area contributed by atoms with E-state index in [1.165, 1.54) is 29.5 Å². The summed E-state index contributed by atoms with van der Waals surface area (Å²) in [7, 11) is 0. The lowest BCUT2D eigenvalue weighted by molar-refractivity contribution is -0.111. The van der Waals surface area contributed by atoms with Crippen LogP contribution in [0.25, 0.3) is 17.3 Å². The molecule has 0 fully saturated rings. The van der Waals surface area contributed by atoms with E-state index in [2.05, 4.69) is 15.3 Å². The van der Waals surface area contributed by atoms with Crippen molar-refractivity contribution in [2.45, 2.75) is 0 Å². The molecule has 1 aromatic carbocycles. The van der Waals surface area contributed by atoms with Crippen molar-refractivity contribution in [3.8, 4) is 11.3 Å². The molecule has 2 aromatic heterocycles. The van der Waals surface area contributed by atoms with Gasteiger partial charge in [0, 0.05) is 23.2 Å². The fourth-order valence-electron chi connectivity index (χ4n) is 1.87. The smallest absolute Gasteiger partial charge is 0.249 e. The largest absolute Gasteiger partial charge is 0.307 e. The highest BCUT2D eigenvalue weighted by molar-refractivity contribution is 7.10. The lowest BCUT2D eigenvalue weighted by Gasteiger charge is -1.98. The number of carbonyl (C=O) groups excluding carboxylic acids is 1. The molecule has 1 amide bonds. The quantitative estimate of drug-likeness (QED) is 0.738. The summed E-state index contributed by atoms with van der Waals surface area (Å²) >= 11 is 1.41. The van der Waals surface area contributed by atoms with Crippen LogP contribution in [0.3, 0.4) is 0 Å². The van der Waals surface area contributed by atoms with Crippen LogP contribution in [-0.4, -0.2) is 15.9 Å². The molecule has 23 heavy (non-hydrogen) atoms. The molecule has 0 unspecified atom stereocenters. The minimum Gasteiger partial charge on any atom is -0.307 e. The molecular weight excluding hydrogens is 313 g/mol. The number of halogens is 1. The molecule has 0 aliphatic rings. The van der Waals surface area contributed by atoms with Crippen molar-refractivity contribution in [2.24, 2.45) is 0 Å². The molecule has 0 bridgehead atoms. The van der Waals surface area contributed by atoms with Gasteiger partial charge in [-0.05, 0) is 42.5 Å². The molecule has 0 saturated heterocycles. The zero-order chi connectivity index (χ0) is 16.1. The molecule has 3 rings (SSSR count). The first-order valence-corrected chi connectivity index (χ1v) is 7.70. The van der Waals surface area contributed by atoms with Gasteiger partial charge in [-0.25, -0.2) is 14.4 Å². The average molecular weight is 325 g/mol. The number of aromatic nitrogens is 2. The summed E-state index contributed by atoms with van der Waals surface area (Å²) in [5.74, 6) is -0.0641. The Labute approximate surface area is 136 Å². The van der Waals surface area contributed by atoms with Crippen LogP contribution < -0.4 is 5.32 Å². The summed E-state index contributed by atoms with van der Waals surface area (Å²) in [4.78, 5) is 20.2. The highest BCUT2D eigenvalue weighted by atomic mass is 32.1. The summed E-state index contributed by atoms with van der Waals surface area (Å²) < 4.78 is 12.9. The topological polar surface area (TPSA) is 54.9 Å². The predicted molar refractivity (Wildman–Crippen MR) is 89.4 cm³/mol. The van der Waals surface area contributed by atoms with Gasteiger partial charge in [-0.3, -0.25) is 4.79 Å². The average Bonchev–Trinajstić information content (AvgIpc) is 3.04. The third-order valence-corrected chi connectivity index (χ3v) is 3.77. The van der Waals surface area contributed by atoms with E-state index in [-0.39, 0.29) is 11.7 Å². The van der Waals surface area contributed by atoms with Crippen molar-refractivity contribution in [3.05, 3.63) is 70.9 Å². The summed E-state index contributed by atoms with van der Waals surface area (Å²) in [6, 6.07) is 11.4. The van der Waals surface area contributed by atoms with Gasteiger partial charge in [0.1, 0.15) is 16.6 Å². The van der Waals surface area contributed by atoms with Crippen LogP contribution in [0.5, 0.6) is 0 Å². The number of thiazole rings is 1. The predicted octanol–water partition coefficient (Wildman–Crippen LogP) is 4.00. The first-order chi connectivity index (χ1) is 11.2. The minimum absolute atomic E-state index is 0.276. The van der Waals surface area contributed by atoms with Gasteiger partial charge in [0.2, 0.25) is 5.91 Å². The van der Waals surface area contributed by atoms with Crippen molar-refractivity contribution in [1.29, 1.82) is 0 Å². The number of nitrogens with zero attached hydrogens (tertiary/aromatic N) is 2. The van der Waals surface area contributed by atoms with Crippen LogP contribution >= 0.6 is 11.3 Å². The Hall–Kier alpha value is -2.86. The van der Waals surface area contributed by atoms with Gasteiger partial charge >= 0.3 is 0 Å². The summed E-state index contributed by atoms with van der Waals surface area (Å²) in [5.41, 5.74) is 1.58. The third-order valence-electron chi connectivity index (χ3n) is 2.96. The molecule has 0 aliphatic heterocycles. The van der Waals surface area contributed by atoms with Gasteiger partial charge in [0.15, 0.2) is 0 Å². The van der Waals surface area contributed by atoms with Crippen LogP contribution in [-0.2, 0) is 4.79 Å². The second-order valence-electron chi connectivity index (χ2n) is 4.62. The Morgan fingerprint density at radius 1 is 1.17 bits per heavy atom. The Kier molecular flexibility index (Phi) is 4.54. The Bertz CT molecular complexity index is 829. The molecule has 1 N–H and O–H groups in total. The van der Waals surface area contributed by atoms with Crippen LogP contribution in [0.2, 0.25) is 0 Å². The van der Waals surface area contributed by atoms with Crippen LogP contribution in [0.15, 0.2) is 60.1 Å². The van der Waals surface area contributed by atoms with E-state index in [9.17, 15) is 9.18 Å². The van der Waals surface area contributed by atoms with E-state index in [4.69, 9.17) is 0 Å². The van der Waals surface area contributed by atoms with E-state index in [0.29, 0.717) is 10.8 Å². The fourth-order valence-corrected chi connectivity index (χ4v) is 2.59. The van der Waals surface area contributed by atoms with Gasteiger partial charge in [0.25, 0.3) is 0 Å². The number of anilines is 1. The highest BCUT2D eigenvalue weighted by Gasteiger charge is 2.04. The molecular formula is C17H12FN3OS. The standard InChI is InChI=1S/C17H12FN3OS/c18-13-6-4-12(5-7-13)14-11-23-17(20-14)9-8-16(22)21-15-3-1-2-10-19-15/h1-11H,(H,19,21,22). The van der Waals surface area contributed by atoms with Crippen molar-refractivity contribution >= 4 is 29.1 Å². The maximum Gasteiger partial charge on any atom is 0.249 e. The highest BCUT2D eigenvalue weighted by Crippen LogP contribution is 2.22. The second-order valence-corrected chi connectivity index (χ2v) is 5.51. The van der Waals surface area contributed by atoms with Crippen LogP contribution in [0, 0.1) is 5.82 Å². The van der Waals surface area contributed by atoms with E-state index < -0.39 is 0 Å². The first-order valence-electron chi connectivity index (χ1n) is 6.82. The van der Waals surface area contributed by atoms with Crippen molar-refractivity contribution in [1.82, 2.24) is 9.97 Å².